The highest BCUT2D eigenvalue weighted by atomic mass is 15.1. The maximum absolute atomic E-state index is 4.87. The van der Waals surface area contributed by atoms with Crippen LogP contribution in [0.15, 0.2) is 12.1 Å². The molecule has 88 valence electrons. The van der Waals surface area contributed by atoms with E-state index in [9.17, 15) is 0 Å². The molecule has 0 aromatic carbocycles. The lowest BCUT2D eigenvalue weighted by atomic mass is 9.90. The molecule has 0 saturated heterocycles. The van der Waals surface area contributed by atoms with Crippen molar-refractivity contribution in [1.29, 1.82) is 0 Å². The number of hydrogen-bond donors (Lipinski definition) is 0. The highest BCUT2D eigenvalue weighted by Crippen LogP contribution is 2.32. The molecule has 1 atom stereocenters. The first-order chi connectivity index (χ1) is 7.59. The summed E-state index contributed by atoms with van der Waals surface area (Å²) in [6.45, 7) is 4.42. The van der Waals surface area contributed by atoms with E-state index in [1.165, 1.54) is 36.2 Å². The Labute approximate surface area is 98.7 Å². The zero-order valence-corrected chi connectivity index (χ0v) is 10.8. The Bertz CT molecular complexity index is 369. The molecule has 1 aromatic heterocycles. The minimum Gasteiger partial charge on any atom is -0.301 e. The number of fused-ring (bicyclic) bond motifs is 1. The Morgan fingerprint density at radius 2 is 2.06 bits per heavy atom. The van der Waals surface area contributed by atoms with Crippen LogP contribution < -0.4 is 0 Å². The normalized spacial score (nSPS) is 20.2. The van der Waals surface area contributed by atoms with Crippen LogP contribution in [-0.4, -0.2) is 24.0 Å². The molecule has 2 heteroatoms. The van der Waals surface area contributed by atoms with Crippen LogP contribution in [0.5, 0.6) is 0 Å². The van der Waals surface area contributed by atoms with Gasteiger partial charge in [-0.25, -0.2) is 0 Å². The number of aryl methyl sites for hydroxylation is 1. The van der Waals surface area contributed by atoms with Crippen molar-refractivity contribution >= 4 is 0 Å². The third kappa shape index (κ3) is 2.12. The average Bonchev–Trinajstić information content (AvgIpc) is 2.27. The molecule has 0 N–H and O–H groups in total. The molecule has 0 spiro atoms. The van der Waals surface area contributed by atoms with Gasteiger partial charge in [0.15, 0.2) is 0 Å². The molecule has 2 rings (SSSR count). The van der Waals surface area contributed by atoms with Gasteiger partial charge in [0.25, 0.3) is 0 Å². The molecule has 0 saturated carbocycles. The highest BCUT2D eigenvalue weighted by Gasteiger charge is 2.23. The summed E-state index contributed by atoms with van der Waals surface area (Å²) in [6.07, 6.45) is 3.73. The van der Waals surface area contributed by atoms with Gasteiger partial charge >= 0.3 is 0 Å². The number of hydrogen-bond acceptors (Lipinski definition) is 2. The third-order valence-corrected chi connectivity index (χ3v) is 3.49. The predicted octanol–water partition coefficient (Wildman–Crippen LogP) is 3.14. The molecular formula is C14H22N2. The van der Waals surface area contributed by atoms with Crippen molar-refractivity contribution in [3.8, 4) is 0 Å². The van der Waals surface area contributed by atoms with Crippen molar-refractivity contribution in [1.82, 2.24) is 9.88 Å². The molecule has 0 radical (unpaired) electrons. The first-order valence-electron chi connectivity index (χ1n) is 6.25. The van der Waals surface area contributed by atoms with Crippen molar-refractivity contribution < 1.29 is 0 Å². The van der Waals surface area contributed by atoms with Gasteiger partial charge in [-0.2, -0.15) is 0 Å². The lowest BCUT2D eigenvalue weighted by Gasteiger charge is -2.30. The Morgan fingerprint density at radius 3 is 2.69 bits per heavy atom. The van der Waals surface area contributed by atoms with Crippen LogP contribution in [0.4, 0.5) is 0 Å². The van der Waals surface area contributed by atoms with Crippen LogP contribution in [0.1, 0.15) is 55.6 Å². The van der Waals surface area contributed by atoms with E-state index in [0.717, 1.165) is 0 Å². The second-order valence-corrected chi connectivity index (χ2v) is 5.31. The van der Waals surface area contributed by atoms with E-state index in [1.807, 2.05) is 0 Å². The summed E-state index contributed by atoms with van der Waals surface area (Å²) < 4.78 is 0. The fourth-order valence-corrected chi connectivity index (χ4v) is 2.47. The molecule has 0 bridgehead atoms. The molecule has 1 aliphatic carbocycles. The second kappa shape index (κ2) is 4.54. The molecule has 1 aromatic rings. The first kappa shape index (κ1) is 11.6. The largest absolute Gasteiger partial charge is 0.301 e. The van der Waals surface area contributed by atoms with Crippen LogP contribution in [-0.2, 0) is 6.42 Å². The van der Waals surface area contributed by atoms with Gasteiger partial charge in [-0.1, -0.05) is 19.9 Å². The molecular weight excluding hydrogens is 196 g/mol. The summed E-state index contributed by atoms with van der Waals surface area (Å²) in [6, 6.07) is 5.00. The van der Waals surface area contributed by atoms with Crippen molar-refractivity contribution in [2.24, 2.45) is 0 Å². The molecule has 0 amide bonds. The van der Waals surface area contributed by atoms with Crippen molar-refractivity contribution in [3.63, 3.8) is 0 Å². The predicted molar refractivity (Wildman–Crippen MR) is 67.7 cm³/mol. The Balaban J connectivity index is 2.40. The van der Waals surface area contributed by atoms with Gasteiger partial charge in [-0.3, -0.25) is 4.98 Å². The molecule has 1 heterocycles. The van der Waals surface area contributed by atoms with Gasteiger partial charge in [-0.05, 0) is 50.9 Å². The van der Waals surface area contributed by atoms with Crippen molar-refractivity contribution in [2.45, 2.75) is 45.1 Å². The van der Waals surface area contributed by atoms with Crippen LogP contribution >= 0.6 is 0 Å². The molecule has 0 aliphatic heterocycles. The van der Waals surface area contributed by atoms with Crippen LogP contribution in [0.2, 0.25) is 0 Å². The van der Waals surface area contributed by atoms with E-state index in [0.29, 0.717) is 12.0 Å². The Kier molecular flexibility index (Phi) is 3.29. The average molecular weight is 218 g/mol. The van der Waals surface area contributed by atoms with E-state index in [2.05, 4.69) is 45.0 Å². The zero-order chi connectivity index (χ0) is 11.7. The Morgan fingerprint density at radius 1 is 1.31 bits per heavy atom. The number of rotatable bonds is 2. The van der Waals surface area contributed by atoms with Crippen LogP contribution in [0.3, 0.4) is 0 Å². The third-order valence-electron chi connectivity index (χ3n) is 3.49. The highest BCUT2D eigenvalue weighted by molar-refractivity contribution is 5.29. The smallest absolute Gasteiger partial charge is 0.0610 e. The molecule has 0 fully saturated rings. The lowest BCUT2D eigenvalue weighted by Crippen LogP contribution is -2.25. The Hall–Kier alpha value is -0.890. The van der Waals surface area contributed by atoms with E-state index in [4.69, 9.17) is 4.98 Å². The fraction of sp³-hybridized carbons (Fsp3) is 0.643. The van der Waals surface area contributed by atoms with E-state index in [-0.39, 0.29) is 0 Å². The quantitative estimate of drug-likeness (QED) is 0.758. The maximum Gasteiger partial charge on any atom is 0.0610 e. The SMILES string of the molecule is CC(C)c1ccc2c(n1)[C@H](N(C)C)CCC2. The second-order valence-electron chi connectivity index (χ2n) is 5.31. The minimum absolute atomic E-state index is 0.516. The van der Waals surface area contributed by atoms with E-state index in [1.54, 1.807) is 0 Å². The molecule has 16 heavy (non-hydrogen) atoms. The van der Waals surface area contributed by atoms with Gasteiger partial charge in [0.2, 0.25) is 0 Å². The molecule has 1 aliphatic rings. The summed E-state index contributed by atoms with van der Waals surface area (Å²) in [4.78, 5) is 7.17. The first-order valence-corrected chi connectivity index (χ1v) is 6.25. The summed E-state index contributed by atoms with van der Waals surface area (Å²) in [5.41, 5.74) is 4.00. The van der Waals surface area contributed by atoms with Crippen molar-refractivity contribution in [3.05, 3.63) is 29.1 Å². The van der Waals surface area contributed by atoms with Gasteiger partial charge in [0.05, 0.1) is 11.7 Å². The van der Waals surface area contributed by atoms with Gasteiger partial charge < -0.3 is 4.90 Å². The van der Waals surface area contributed by atoms with Gasteiger partial charge in [0, 0.05) is 5.69 Å². The van der Waals surface area contributed by atoms with Gasteiger partial charge in [0.1, 0.15) is 0 Å². The minimum atomic E-state index is 0.516. The summed E-state index contributed by atoms with van der Waals surface area (Å²) in [5, 5.41) is 0. The topological polar surface area (TPSA) is 16.1 Å². The lowest BCUT2D eigenvalue weighted by molar-refractivity contribution is 0.261. The maximum atomic E-state index is 4.87. The zero-order valence-electron chi connectivity index (χ0n) is 10.8. The van der Waals surface area contributed by atoms with Gasteiger partial charge in [-0.15, -0.1) is 0 Å². The summed E-state index contributed by atoms with van der Waals surface area (Å²) >= 11 is 0. The van der Waals surface area contributed by atoms with Crippen molar-refractivity contribution in [2.75, 3.05) is 14.1 Å². The van der Waals surface area contributed by atoms with Crippen LogP contribution in [0, 0.1) is 0 Å². The number of aromatic nitrogens is 1. The summed E-state index contributed by atoms with van der Waals surface area (Å²) in [5.74, 6) is 0.523. The number of pyridine rings is 1. The summed E-state index contributed by atoms with van der Waals surface area (Å²) in [7, 11) is 4.31. The fourth-order valence-electron chi connectivity index (χ4n) is 2.47. The van der Waals surface area contributed by atoms with Crippen LogP contribution in [0.25, 0.3) is 0 Å². The molecule has 0 unspecified atom stereocenters. The van der Waals surface area contributed by atoms with E-state index < -0.39 is 0 Å². The molecule has 2 nitrogen and oxygen atoms in total. The monoisotopic (exact) mass is 218 g/mol. The van der Waals surface area contributed by atoms with E-state index >= 15 is 0 Å². The number of nitrogens with zero attached hydrogens (tertiary/aromatic N) is 2. The standard InChI is InChI=1S/C14H22N2/c1-10(2)12-9-8-11-6-5-7-13(16(3)4)14(11)15-12/h8-10,13H,5-7H2,1-4H3/t13-/m1/s1.